The maximum absolute atomic E-state index is 6.12. The highest BCUT2D eigenvalue weighted by atomic mass is 79.9. The van der Waals surface area contributed by atoms with Crippen molar-refractivity contribution in [2.45, 2.75) is 6.92 Å². The van der Waals surface area contributed by atoms with E-state index in [1.807, 2.05) is 43.5 Å². The Morgan fingerprint density at radius 2 is 2.00 bits per heavy atom. The van der Waals surface area contributed by atoms with E-state index in [2.05, 4.69) is 20.9 Å². The van der Waals surface area contributed by atoms with E-state index in [1.54, 1.807) is 0 Å². The zero-order valence-corrected chi connectivity index (χ0v) is 10.5. The molecule has 1 aromatic heterocycles. The van der Waals surface area contributed by atoms with Crippen LogP contribution in [0.25, 0.3) is 11.1 Å². The Kier molecular flexibility index (Phi) is 3.08. The van der Waals surface area contributed by atoms with Gasteiger partial charge in [0, 0.05) is 32.5 Å². The van der Waals surface area contributed by atoms with E-state index in [0.29, 0.717) is 0 Å². The fraction of sp³-hybridized carbons (Fsp3) is 0.0833. The van der Waals surface area contributed by atoms with Crippen LogP contribution in [0, 0.1) is 6.92 Å². The Hall–Kier alpha value is -0.860. The van der Waals surface area contributed by atoms with E-state index in [1.165, 1.54) is 0 Å². The van der Waals surface area contributed by atoms with E-state index in [4.69, 9.17) is 11.6 Å². The van der Waals surface area contributed by atoms with E-state index in [-0.39, 0.29) is 0 Å². The molecule has 0 spiro atoms. The Morgan fingerprint density at radius 1 is 1.20 bits per heavy atom. The molecule has 15 heavy (non-hydrogen) atoms. The number of benzene rings is 1. The number of hydrogen-bond acceptors (Lipinski definition) is 1. The summed E-state index contributed by atoms with van der Waals surface area (Å²) >= 11 is 9.55. The second-order valence-electron chi connectivity index (χ2n) is 3.31. The molecule has 0 radical (unpaired) electrons. The average Bonchev–Trinajstić information content (AvgIpc) is 2.23. The molecule has 0 bridgehead atoms. The van der Waals surface area contributed by atoms with E-state index in [9.17, 15) is 0 Å². The molecule has 0 unspecified atom stereocenters. The molecule has 0 N–H and O–H groups in total. The molecule has 0 aliphatic heterocycles. The Bertz CT molecular complexity index is 479. The second kappa shape index (κ2) is 4.33. The van der Waals surface area contributed by atoms with E-state index >= 15 is 0 Å². The molecule has 0 aliphatic carbocycles. The number of aryl methyl sites for hydroxylation is 1. The second-order valence-corrected chi connectivity index (χ2v) is 4.64. The normalized spacial score (nSPS) is 10.3. The summed E-state index contributed by atoms with van der Waals surface area (Å²) in [6, 6.07) is 9.80. The first-order chi connectivity index (χ1) is 7.16. The van der Waals surface area contributed by atoms with Crippen molar-refractivity contribution in [2.75, 3.05) is 0 Å². The van der Waals surface area contributed by atoms with Crippen LogP contribution >= 0.6 is 27.5 Å². The summed E-state index contributed by atoms with van der Waals surface area (Å²) in [5, 5.41) is 0.740. The molecule has 0 amide bonds. The first-order valence-electron chi connectivity index (χ1n) is 4.55. The molecule has 2 aromatic rings. The summed E-state index contributed by atoms with van der Waals surface area (Å²) in [4.78, 5) is 4.25. The summed E-state index contributed by atoms with van der Waals surface area (Å²) < 4.78 is 1.02. The van der Waals surface area contributed by atoms with Gasteiger partial charge in [0.05, 0.1) is 0 Å². The van der Waals surface area contributed by atoms with Crippen molar-refractivity contribution in [2.24, 2.45) is 0 Å². The maximum Gasteiger partial charge on any atom is 0.0485 e. The molecule has 1 heterocycles. The number of rotatable bonds is 1. The summed E-state index contributed by atoms with van der Waals surface area (Å²) in [7, 11) is 0. The highest BCUT2D eigenvalue weighted by Crippen LogP contribution is 2.30. The molecule has 2 rings (SSSR count). The van der Waals surface area contributed by atoms with Gasteiger partial charge in [-0.25, -0.2) is 0 Å². The lowest BCUT2D eigenvalue weighted by molar-refractivity contribution is 1.20. The van der Waals surface area contributed by atoms with Crippen LogP contribution in [-0.4, -0.2) is 4.98 Å². The average molecular weight is 283 g/mol. The monoisotopic (exact) mass is 281 g/mol. The number of aromatic nitrogens is 1. The molecule has 76 valence electrons. The van der Waals surface area contributed by atoms with Gasteiger partial charge in [-0.1, -0.05) is 33.6 Å². The van der Waals surface area contributed by atoms with Crippen molar-refractivity contribution < 1.29 is 0 Å². The van der Waals surface area contributed by atoms with Gasteiger partial charge in [0.2, 0.25) is 0 Å². The lowest BCUT2D eigenvalue weighted by atomic mass is 10.1. The predicted octanol–water partition coefficient (Wildman–Crippen LogP) is 4.47. The van der Waals surface area contributed by atoms with Gasteiger partial charge >= 0.3 is 0 Å². The van der Waals surface area contributed by atoms with Gasteiger partial charge in [-0.3, -0.25) is 4.98 Å². The van der Waals surface area contributed by atoms with Crippen molar-refractivity contribution in [3.05, 3.63) is 51.7 Å². The molecule has 0 saturated heterocycles. The van der Waals surface area contributed by atoms with Crippen molar-refractivity contribution >= 4 is 27.5 Å². The van der Waals surface area contributed by atoms with Crippen LogP contribution in [0.5, 0.6) is 0 Å². The largest absolute Gasteiger partial charge is 0.261 e. The lowest BCUT2D eigenvalue weighted by Crippen LogP contribution is -1.84. The quantitative estimate of drug-likeness (QED) is 0.752. The first kappa shape index (κ1) is 10.7. The van der Waals surface area contributed by atoms with Gasteiger partial charge in [-0.05, 0) is 31.2 Å². The Labute approximate surface area is 102 Å². The molecule has 0 saturated carbocycles. The number of nitrogens with zero attached hydrogens (tertiary/aromatic N) is 1. The highest BCUT2D eigenvalue weighted by molar-refractivity contribution is 9.10. The van der Waals surface area contributed by atoms with Crippen LogP contribution in [0.2, 0.25) is 5.02 Å². The molecular formula is C12H9BrClN. The van der Waals surface area contributed by atoms with Crippen LogP contribution in [0.3, 0.4) is 0 Å². The SMILES string of the molecule is Cc1ccc(-c2cc(Br)ccc2Cl)cn1. The van der Waals surface area contributed by atoms with Crippen molar-refractivity contribution in [3.8, 4) is 11.1 Å². The van der Waals surface area contributed by atoms with E-state index < -0.39 is 0 Å². The Balaban J connectivity index is 2.53. The van der Waals surface area contributed by atoms with Gasteiger partial charge in [0.1, 0.15) is 0 Å². The molecule has 0 fully saturated rings. The Morgan fingerprint density at radius 3 is 2.67 bits per heavy atom. The van der Waals surface area contributed by atoms with Crippen LogP contribution in [-0.2, 0) is 0 Å². The molecule has 0 atom stereocenters. The van der Waals surface area contributed by atoms with Gasteiger partial charge in [0.15, 0.2) is 0 Å². The molecule has 0 aliphatic rings. The summed E-state index contributed by atoms with van der Waals surface area (Å²) in [6.07, 6.45) is 1.84. The molecule has 1 aromatic carbocycles. The third-order valence-corrected chi connectivity index (χ3v) is 2.97. The zero-order chi connectivity index (χ0) is 10.8. The van der Waals surface area contributed by atoms with Crippen LogP contribution < -0.4 is 0 Å². The minimum Gasteiger partial charge on any atom is -0.261 e. The smallest absolute Gasteiger partial charge is 0.0485 e. The number of pyridine rings is 1. The van der Waals surface area contributed by atoms with Crippen molar-refractivity contribution in [3.63, 3.8) is 0 Å². The van der Waals surface area contributed by atoms with Gasteiger partial charge in [-0.2, -0.15) is 0 Å². The number of hydrogen-bond donors (Lipinski definition) is 0. The number of halogens is 2. The molecule has 1 nitrogen and oxygen atoms in total. The van der Waals surface area contributed by atoms with Gasteiger partial charge in [0.25, 0.3) is 0 Å². The predicted molar refractivity (Wildman–Crippen MR) is 67.1 cm³/mol. The fourth-order valence-corrected chi connectivity index (χ4v) is 1.93. The van der Waals surface area contributed by atoms with Gasteiger partial charge in [-0.15, -0.1) is 0 Å². The van der Waals surface area contributed by atoms with Crippen LogP contribution in [0.15, 0.2) is 41.0 Å². The topological polar surface area (TPSA) is 12.9 Å². The maximum atomic E-state index is 6.12. The van der Waals surface area contributed by atoms with Crippen LogP contribution in [0.1, 0.15) is 5.69 Å². The van der Waals surface area contributed by atoms with Crippen LogP contribution in [0.4, 0.5) is 0 Å². The summed E-state index contributed by atoms with van der Waals surface area (Å²) in [5.41, 5.74) is 3.04. The lowest BCUT2D eigenvalue weighted by Gasteiger charge is -2.04. The van der Waals surface area contributed by atoms with Crippen molar-refractivity contribution in [1.29, 1.82) is 0 Å². The standard InChI is InChI=1S/C12H9BrClN/c1-8-2-3-9(7-15-8)11-6-10(13)4-5-12(11)14/h2-7H,1H3. The zero-order valence-electron chi connectivity index (χ0n) is 8.17. The molecular weight excluding hydrogens is 273 g/mol. The minimum atomic E-state index is 0.740. The first-order valence-corrected chi connectivity index (χ1v) is 5.72. The molecule has 3 heteroatoms. The van der Waals surface area contributed by atoms with Crippen molar-refractivity contribution in [1.82, 2.24) is 4.98 Å². The third kappa shape index (κ3) is 2.39. The third-order valence-electron chi connectivity index (χ3n) is 2.15. The van der Waals surface area contributed by atoms with Gasteiger partial charge < -0.3 is 0 Å². The highest BCUT2D eigenvalue weighted by Gasteiger charge is 2.04. The minimum absolute atomic E-state index is 0.740. The summed E-state index contributed by atoms with van der Waals surface area (Å²) in [5.74, 6) is 0. The summed E-state index contributed by atoms with van der Waals surface area (Å²) in [6.45, 7) is 1.96. The van der Waals surface area contributed by atoms with E-state index in [0.717, 1.165) is 26.3 Å². The fourth-order valence-electron chi connectivity index (χ4n) is 1.35.